The number of rotatable bonds is 4. The van der Waals surface area contributed by atoms with Crippen molar-refractivity contribution in [3.05, 3.63) is 60.6 Å². The number of amides is 1. The predicted octanol–water partition coefficient (Wildman–Crippen LogP) is 1.24. The van der Waals surface area contributed by atoms with Crippen LogP contribution in [0.25, 0.3) is 5.82 Å². The molecule has 1 N–H and O–H groups in total. The summed E-state index contributed by atoms with van der Waals surface area (Å²) in [6.45, 7) is 0. The van der Waals surface area contributed by atoms with Crippen molar-refractivity contribution in [2.45, 2.75) is 6.42 Å². The average molecular weight is 280 g/mol. The van der Waals surface area contributed by atoms with Crippen molar-refractivity contribution in [2.24, 2.45) is 0 Å². The van der Waals surface area contributed by atoms with Crippen molar-refractivity contribution in [1.29, 1.82) is 0 Å². The third-order valence-corrected chi connectivity index (χ3v) is 2.78. The number of benzene rings is 1. The van der Waals surface area contributed by atoms with Gasteiger partial charge >= 0.3 is 0 Å². The lowest BCUT2D eigenvalue weighted by Gasteiger charge is -2.05. The van der Waals surface area contributed by atoms with Crippen LogP contribution in [0.5, 0.6) is 0 Å². The summed E-state index contributed by atoms with van der Waals surface area (Å²) in [5, 5.41) is 14.1. The molecule has 0 radical (unpaired) electrons. The highest BCUT2D eigenvalue weighted by atomic mass is 16.1. The fourth-order valence-corrected chi connectivity index (χ4v) is 1.84. The molecule has 2 heterocycles. The normalized spacial score (nSPS) is 10.3. The molecule has 3 rings (SSSR count). The second kappa shape index (κ2) is 5.91. The van der Waals surface area contributed by atoms with Crippen molar-refractivity contribution < 1.29 is 4.79 Å². The smallest absolute Gasteiger partial charge is 0.232 e. The van der Waals surface area contributed by atoms with E-state index in [2.05, 4.69) is 25.8 Å². The topological polar surface area (TPSA) is 85.6 Å². The molecule has 1 amide bonds. The molecule has 0 aliphatic heterocycles. The van der Waals surface area contributed by atoms with E-state index < -0.39 is 0 Å². The monoisotopic (exact) mass is 280 g/mol. The van der Waals surface area contributed by atoms with Gasteiger partial charge in [-0.1, -0.05) is 24.3 Å². The SMILES string of the molecule is O=C(Cc1nnnn1-c1ccccn1)Nc1ccccc1. The molecule has 3 aromatic rings. The standard InChI is InChI=1S/C14H12N6O/c21-14(16-11-6-2-1-3-7-11)10-13-17-18-19-20(13)12-8-4-5-9-15-12/h1-9H,10H2,(H,16,21). The third kappa shape index (κ3) is 3.08. The van der Waals surface area contributed by atoms with E-state index >= 15 is 0 Å². The lowest BCUT2D eigenvalue weighted by Crippen LogP contribution is -2.17. The molecule has 0 unspecified atom stereocenters. The number of hydrogen-bond acceptors (Lipinski definition) is 5. The minimum atomic E-state index is -0.187. The lowest BCUT2D eigenvalue weighted by molar-refractivity contribution is -0.115. The molecular weight excluding hydrogens is 268 g/mol. The second-order valence-electron chi connectivity index (χ2n) is 4.29. The molecule has 0 bridgehead atoms. The first-order chi connectivity index (χ1) is 10.3. The van der Waals surface area contributed by atoms with Crippen molar-refractivity contribution in [2.75, 3.05) is 5.32 Å². The summed E-state index contributed by atoms with van der Waals surface area (Å²) < 4.78 is 1.45. The van der Waals surface area contributed by atoms with Crippen LogP contribution < -0.4 is 5.32 Å². The first-order valence-electron chi connectivity index (χ1n) is 6.36. The van der Waals surface area contributed by atoms with Crippen LogP contribution in [-0.2, 0) is 11.2 Å². The largest absolute Gasteiger partial charge is 0.326 e. The Morgan fingerprint density at radius 3 is 2.67 bits per heavy atom. The number of anilines is 1. The number of aromatic nitrogens is 5. The van der Waals surface area contributed by atoms with Gasteiger partial charge in [0.1, 0.15) is 0 Å². The number of carbonyl (C=O) groups excluding carboxylic acids is 1. The summed E-state index contributed by atoms with van der Waals surface area (Å²) >= 11 is 0. The van der Waals surface area contributed by atoms with E-state index in [4.69, 9.17) is 0 Å². The van der Waals surface area contributed by atoms with E-state index in [0.29, 0.717) is 11.6 Å². The van der Waals surface area contributed by atoms with Crippen LogP contribution in [0.3, 0.4) is 0 Å². The Labute approximate surface area is 120 Å². The van der Waals surface area contributed by atoms with E-state index in [1.54, 1.807) is 18.3 Å². The minimum absolute atomic E-state index is 0.0679. The number of pyridine rings is 1. The van der Waals surface area contributed by atoms with Gasteiger partial charge < -0.3 is 5.32 Å². The van der Waals surface area contributed by atoms with E-state index in [1.807, 2.05) is 36.4 Å². The number of nitrogens with zero attached hydrogens (tertiary/aromatic N) is 5. The Bertz CT molecular complexity index is 725. The summed E-state index contributed by atoms with van der Waals surface area (Å²) in [5.74, 6) is 0.820. The number of tetrazole rings is 1. The second-order valence-corrected chi connectivity index (χ2v) is 4.29. The van der Waals surface area contributed by atoms with Crippen LogP contribution in [0.1, 0.15) is 5.82 Å². The molecule has 0 saturated heterocycles. The molecule has 7 nitrogen and oxygen atoms in total. The summed E-state index contributed by atoms with van der Waals surface area (Å²) in [6, 6.07) is 14.6. The molecule has 7 heteroatoms. The first kappa shape index (κ1) is 12.9. The Morgan fingerprint density at radius 1 is 1.10 bits per heavy atom. The first-order valence-corrected chi connectivity index (χ1v) is 6.36. The molecule has 1 aromatic carbocycles. The van der Waals surface area contributed by atoms with Crippen LogP contribution >= 0.6 is 0 Å². The van der Waals surface area contributed by atoms with Gasteiger partial charge in [-0.25, -0.2) is 4.98 Å². The van der Waals surface area contributed by atoms with E-state index in [-0.39, 0.29) is 12.3 Å². The maximum Gasteiger partial charge on any atom is 0.232 e. The molecule has 0 spiro atoms. The zero-order valence-electron chi connectivity index (χ0n) is 11.0. The van der Waals surface area contributed by atoms with Gasteiger partial charge in [0, 0.05) is 11.9 Å². The lowest BCUT2D eigenvalue weighted by atomic mass is 10.3. The highest BCUT2D eigenvalue weighted by Crippen LogP contribution is 2.08. The molecule has 0 aliphatic rings. The van der Waals surface area contributed by atoms with Crippen LogP contribution in [0.2, 0.25) is 0 Å². The van der Waals surface area contributed by atoms with Gasteiger partial charge in [-0.2, -0.15) is 4.68 Å². The highest BCUT2D eigenvalue weighted by Gasteiger charge is 2.13. The van der Waals surface area contributed by atoms with Gasteiger partial charge in [-0.05, 0) is 34.7 Å². The van der Waals surface area contributed by atoms with Gasteiger partial charge in [-0.15, -0.1) is 5.10 Å². The summed E-state index contributed by atoms with van der Waals surface area (Å²) in [5.41, 5.74) is 0.736. The average Bonchev–Trinajstić information content (AvgIpc) is 2.97. The molecule has 0 atom stereocenters. The summed E-state index contributed by atoms with van der Waals surface area (Å²) in [4.78, 5) is 16.2. The van der Waals surface area contributed by atoms with Crippen LogP contribution in [0.15, 0.2) is 54.7 Å². The zero-order valence-corrected chi connectivity index (χ0v) is 11.0. The van der Waals surface area contributed by atoms with Gasteiger partial charge in [0.15, 0.2) is 11.6 Å². The van der Waals surface area contributed by atoms with Crippen LogP contribution in [0.4, 0.5) is 5.69 Å². The Balaban J connectivity index is 1.74. The zero-order chi connectivity index (χ0) is 14.5. The molecule has 0 saturated carbocycles. The Kier molecular flexibility index (Phi) is 3.64. The van der Waals surface area contributed by atoms with Crippen LogP contribution in [0, 0.1) is 0 Å². The van der Waals surface area contributed by atoms with Crippen molar-refractivity contribution in [3.63, 3.8) is 0 Å². The summed E-state index contributed by atoms with van der Waals surface area (Å²) in [7, 11) is 0. The molecule has 21 heavy (non-hydrogen) atoms. The van der Waals surface area contributed by atoms with E-state index in [0.717, 1.165) is 5.69 Å². The number of carbonyl (C=O) groups is 1. The molecule has 0 aliphatic carbocycles. The number of nitrogens with one attached hydrogen (secondary N) is 1. The Morgan fingerprint density at radius 2 is 1.90 bits per heavy atom. The maximum absolute atomic E-state index is 12.0. The van der Waals surface area contributed by atoms with Crippen molar-refractivity contribution in [1.82, 2.24) is 25.2 Å². The van der Waals surface area contributed by atoms with E-state index in [1.165, 1.54) is 4.68 Å². The van der Waals surface area contributed by atoms with Crippen molar-refractivity contribution in [3.8, 4) is 5.82 Å². The van der Waals surface area contributed by atoms with Gasteiger partial charge in [0.2, 0.25) is 5.91 Å². The molecular formula is C14H12N6O. The maximum atomic E-state index is 12.0. The van der Waals surface area contributed by atoms with Crippen LogP contribution in [-0.4, -0.2) is 31.1 Å². The third-order valence-electron chi connectivity index (χ3n) is 2.78. The number of para-hydroxylation sites is 1. The quantitative estimate of drug-likeness (QED) is 0.777. The molecule has 0 fully saturated rings. The van der Waals surface area contributed by atoms with E-state index in [9.17, 15) is 4.79 Å². The van der Waals surface area contributed by atoms with Gasteiger partial charge in [0.05, 0.1) is 6.42 Å². The summed E-state index contributed by atoms with van der Waals surface area (Å²) in [6.07, 6.45) is 1.71. The number of hydrogen-bond donors (Lipinski definition) is 1. The Hall–Kier alpha value is -3.09. The predicted molar refractivity (Wildman–Crippen MR) is 75.7 cm³/mol. The highest BCUT2D eigenvalue weighted by molar-refractivity contribution is 5.91. The molecule has 2 aromatic heterocycles. The van der Waals surface area contributed by atoms with Crippen molar-refractivity contribution >= 4 is 11.6 Å². The fourth-order valence-electron chi connectivity index (χ4n) is 1.84. The fraction of sp³-hybridized carbons (Fsp3) is 0.0714. The minimum Gasteiger partial charge on any atom is -0.326 e. The van der Waals surface area contributed by atoms with Gasteiger partial charge in [-0.3, -0.25) is 4.79 Å². The molecule has 104 valence electrons. The van der Waals surface area contributed by atoms with Gasteiger partial charge in [0.25, 0.3) is 0 Å².